The van der Waals surface area contributed by atoms with Crippen molar-refractivity contribution in [2.45, 2.75) is 19.6 Å². The average Bonchev–Trinajstić information content (AvgIpc) is 2.84. The highest BCUT2D eigenvalue weighted by Gasteiger charge is 2.35. The Morgan fingerprint density at radius 1 is 1.17 bits per heavy atom. The van der Waals surface area contributed by atoms with Crippen molar-refractivity contribution in [3.63, 3.8) is 0 Å². The predicted molar refractivity (Wildman–Crippen MR) is 79.7 cm³/mol. The zero-order valence-electron chi connectivity index (χ0n) is 12.6. The number of ether oxygens (including phenoxy) is 1. The van der Waals surface area contributed by atoms with Crippen molar-refractivity contribution in [2.24, 2.45) is 0 Å². The molecule has 1 aliphatic rings. The van der Waals surface area contributed by atoms with Gasteiger partial charge in [-0.15, -0.1) is 0 Å². The molecule has 3 rings (SSSR count). The van der Waals surface area contributed by atoms with Crippen LogP contribution in [-0.2, 0) is 12.7 Å². The summed E-state index contributed by atoms with van der Waals surface area (Å²) in [4.78, 5) is 13.9. The number of alkyl halides is 3. The number of hydrogen-bond acceptors (Lipinski definition) is 2. The molecule has 6 heteroatoms. The maximum absolute atomic E-state index is 13.1. The molecule has 0 aliphatic carbocycles. The Balaban J connectivity index is 2.04. The molecule has 120 valence electrons. The van der Waals surface area contributed by atoms with Gasteiger partial charge in [0.15, 0.2) is 0 Å². The van der Waals surface area contributed by atoms with Crippen LogP contribution in [0.1, 0.15) is 27.0 Å². The van der Waals surface area contributed by atoms with E-state index in [1.165, 1.54) is 31.1 Å². The van der Waals surface area contributed by atoms with Crippen LogP contribution in [0.3, 0.4) is 0 Å². The third-order valence-electron chi connectivity index (χ3n) is 3.96. The first-order valence-corrected chi connectivity index (χ1v) is 6.98. The molecule has 3 nitrogen and oxygen atoms in total. The molecular weight excluding hydrogens is 307 g/mol. The minimum Gasteiger partial charge on any atom is -0.496 e. The summed E-state index contributed by atoms with van der Waals surface area (Å²) < 4.78 is 44.4. The van der Waals surface area contributed by atoms with E-state index in [0.717, 1.165) is 11.6 Å². The van der Waals surface area contributed by atoms with Crippen molar-refractivity contribution >= 4 is 11.6 Å². The van der Waals surface area contributed by atoms with Crippen LogP contribution < -0.4 is 9.64 Å². The topological polar surface area (TPSA) is 29.5 Å². The summed E-state index contributed by atoms with van der Waals surface area (Å²) in [5.41, 5.74) is 0.771. The lowest BCUT2D eigenvalue weighted by atomic mass is 10.1. The first kappa shape index (κ1) is 15.4. The van der Waals surface area contributed by atoms with Gasteiger partial charge < -0.3 is 9.64 Å². The molecule has 0 aromatic heterocycles. The maximum atomic E-state index is 13.1. The third-order valence-corrected chi connectivity index (χ3v) is 3.96. The number of nitrogens with zero attached hydrogens (tertiary/aromatic N) is 1. The van der Waals surface area contributed by atoms with E-state index in [1.807, 2.05) is 0 Å². The number of hydrogen-bond donors (Lipinski definition) is 0. The second-order valence-corrected chi connectivity index (χ2v) is 5.38. The number of anilines is 1. The van der Waals surface area contributed by atoms with Crippen molar-refractivity contribution in [3.8, 4) is 5.75 Å². The highest BCUT2D eigenvalue weighted by atomic mass is 19.4. The molecule has 0 atom stereocenters. The van der Waals surface area contributed by atoms with E-state index in [9.17, 15) is 18.0 Å². The van der Waals surface area contributed by atoms with E-state index in [4.69, 9.17) is 4.74 Å². The van der Waals surface area contributed by atoms with Gasteiger partial charge in [0.1, 0.15) is 5.75 Å². The third kappa shape index (κ3) is 2.54. The quantitative estimate of drug-likeness (QED) is 0.830. The number of benzene rings is 2. The molecule has 0 N–H and O–H groups in total. The molecule has 0 unspecified atom stereocenters. The van der Waals surface area contributed by atoms with E-state index in [1.54, 1.807) is 18.2 Å². The Morgan fingerprint density at radius 3 is 2.57 bits per heavy atom. The van der Waals surface area contributed by atoms with Gasteiger partial charge in [-0.2, -0.15) is 13.2 Å². The molecule has 23 heavy (non-hydrogen) atoms. The van der Waals surface area contributed by atoms with Crippen LogP contribution in [0.2, 0.25) is 0 Å². The van der Waals surface area contributed by atoms with Gasteiger partial charge in [-0.25, -0.2) is 0 Å². The van der Waals surface area contributed by atoms with Gasteiger partial charge in [0.05, 0.1) is 24.8 Å². The summed E-state index contributed by atoms with van der Waals surface area (Å²) in [5, 5.41) is 0. The molecule has 2 aromatic carbocycles. The first-order valence-electron chi connectivity index (χ1n) is 6.98. The molecule has 0 bridgehead atoms. The van der Waals surface area contributed by atoms with E-state index < -0.39 is 11.7 Å². The molecule has 1 aliphatic heterocycles. The lowest BCUT2D eigenvalue weighted by molar-refractivity contribution is -0.138. The second-order valence-electron chi connectivity index (χ2n) is 5.38. The van der Waals surface area contributed by atoms with Gasteiger partial charge in [-0.05, 0) is 36.2 Å². The summed E-state index contributed by atoms with van der Waals surface area (Å²) in [6, 6.07) is 9.12. The number of carbonyl (C=O) groups is 1. The largest absolute Gasteiger partial charge is 0.496 e. The normalized spacial score (nSPS) is 14.1. The Morgan fingerprint density at radius 2 is 1.91 bits per heavy atom. The van der Waals surface area contributed by atoms with Crippen molar-refractivity contribution < 1.29 is 22.7 Å². The van der Waals surface area contributed by atoms with Gasteiger partial charge >= 0.3 is 6.18 Å². The summed E-state index contributed by atoms with van der Waals surface area (Å²) in [5.74, 6) is 0.0765. The predicted octanol–water partition coefficient (Wildman–Crippen LogP) is 4.18. The number of carbonyl (C=O) groups excluding carboxylic acids is 1. The van der Waals surface area contributed by atoms with Crippen molar-refractivity contribution in [1.29, 1.82) is 0 Å². The molecule has 1 heterocycles. The van der Waals surface area contributed by atoms with Crippen LogP contribution in [0.15, 0.2) is 36.4 Å². The van der Waals surface area contributed by atoms with Gasteiger partial charge in [0.2, 0.25) is 0 Å². The van der Waals surface area contributed by atoms with Crippen molar-refractivity contribution in [1.82, 2.24) is 0 Å². The number of aryl methyl sites for hydroxylation is 1. The summed E-state index contributed by atoms with van der Waals surface area (Å²) in [6.45, 7) is 1.63. The van der Waals surface area contributed by atoms with Crippen LogP contribution in [0.5, 0.6) is 5.75 Å². The molecule has 0 fully saturated rings. The number of halogens is 3. The average molecular weight is 321 g/mol. The fourth-order valence-corrected chi connectivity index (χ4v) is 2.79. The highest BCUT2D eigenvalue weighted by molar-refractivity contribution is 6.11. The smallest absolute Gasteiger partial charge is 0.416 e. The lowest BCUT2D eigenvalue weighted by Crippen LogP contribution is -2.24. The zero-order valence-corrected chi connectivity index (χ0v) is 12.6. The summed E-state index contributed by atoms with van der Waals surface area (Å²) >= 11 is 0. The second kappa shape index (κ2) is 5.30. The first-order chi connectivity index (χ1) is 10.8. The number of fused-ring (bicyclic) bond motifs is 1. The minimum absolute atomic E-state index is 0.128. The van der Waals surface area contributed by atoms with E-state index in [0.29, 0.717) is 11.3 Å². The van der Waals surface area contributed by atoms with E-state index in [2.05, 4.69) is 0 Å². The Labute approximate surface area is 131 Å². The molecular formula is C17H14F3NO2. The zero-order chi connectivity index (χ0) is 16.8. The standard InChI is InChI=1S/C17H14F3NO2/c1-10-6-7-12(8-13(10)17(18,19)20)21-9-11-4-3-5-14(23-2)15(11)16(21)22/h3-8H,9H2,1-2H3. The molecule has 2 aromatic rings. The van der Waals surface area contributed by atoms with E-state index >= 15 is 0 Å². The Hall–Kier alpha value is -2.50. The highest BCUT2D eigenvalue weighted by Crippen LogP contribution is 2.38. The molecule has 1 amide bonds. The number of rotatable bonds is 2. The van der Waals surface area contributed by atoms with E-state index in [-0.39, 0.29) is 23.7 Å². The Bertz CT molecular complexity index is 784. The van der Waals surface area contributed by atoms with Crippen LogP contribution in [0.25, 0.3) is 0 Å². The van der Waals surface area contributed by atoms with Crippen molar-refractivity contribution in [3.05, 3.63) is 58.7 Å². The Kier molecular flexibility index (Phi) is 3.55. The van der Waals surface area contributed by atoms with Crippen LogP contribution in [-0.4, -0.2) is 13.0 Å². The van der Waals surface area contributed by atoms with Crippen LogP contribution in [0.4, 0.5) is 18.9 Å². The fourth-order valence-electron chi connectivity index (χ4n) is 2.79. The van der Waals surface area contributed by atoms with Crippen LogP contribution >= 0.6 is 0 Å². The summed E-state index contributed by atoms with van der Waals surface area (Å²) in [7, 11) is 1.46. The van der Waals surface area contributed by atoms with Gasteiger partial charge in [0, 0.05) is 5.69 Å². The molecule has 0 radical (unpaired) electrons. The van der Waals surface area contributed by atoms with Gasteiger partial charge in [0.25, 0.3) is 5.91 Å². The number of amides is 1. The fraction of sp³-hybridized carbons (Fsp3) is 0.235. The van der Waals surface area contributed by atoms with Crippen molar-refractivity contribution in [2.75, 3.05) is 12.0 Å². The summed E-state index contributed by atoms with van der Waals surface area (Å²) in [6.07, 6.45) is -4.45. The minimum atomic E-state index is -4.45. The molecule has 0 saturated heterocycles. The maximum Gasteiger partial charge on any atom is 0.416 e. The SMILES string of the molecule is COc1cccc2c1C(=O)N(c1ccc(C)c(C(F)(F)F)c1)C2. The monoisotopic (exact) mass is 321 g/mol. The number of methoxy groups -OCH3 is 1. The van der Waals surface area contributed by atoms with Gasteiger partial charge in [-0.3, -0.25) is 4.79 Å². The van der Waals surface area contributed by atoms with Crippen LogP contribution in [0, 0.1) is 6.92 Å². The molecule has 0 spiro atoms. The van der Waals surface area contributed by atoms with Gasteiger partial charge in [-0.1, -0.05) is 18.2 Å². The lowest BCUT2D eigenvalue weighted by Gasteiger charge is -2.19. The molecule has 0 saturated carbocycles.